The Hall–Kier alpha value is -3.56. The topological polar surface area (TPSA) is 112 Å². The Morgan fingerprint density at radius 3 is 2.14 bits per heavy atom. The second-order valence-corrected chi connectivity index (χ2v) is 16.7. The van der Waals surface area contributed by atoms with Crippen LogP contribution < -0.4 is 4.74 Å². The van der Waals surface area contributed by atoms with E-state index in [4.69, 9.17) is 18.9 Å². The Morgan fingerprint density at radius 2 is 1.55 bits per heavy atom. The van der Waals surface area contributed by atoms with E-state index in [1.807, 2.05) is 114 Å². The van der Waals surface area contributed by atoms with Crippen LogP contribution in [0, 0.1) is 30.6 Å². The van der Waals surface area contributed by atoms with Crippen molar-refractivity contribution in [3.8, 4) is 5.75 Å². The van der Waals surface area contributed by atoms with E-state index in [-0.39, 0.29) is 48.5 Å². The van der Waals surface area contributed by atoms with Gasteiger partial charge in [0.15, 0.2) is 0 Å². The van der Waals surface area contributed by atoms with Crippen LogP contribution in [-0.2, 0) is 38.6 Å². The van der Waals surface area contributed by atoms with Crippen LogP contribution in [0.2, 0.25) is 0 Å². The molecule has 0 saturated carbocycles. The third-order valence-corrected chi connectivity index (χ3v) is 13.1. The van der Waals surface area contributed by atoms with Gasteiger partial charge in [0, 0.05) is 11.8 Å². The molecule has 0 aromatic heterocycles. The van der Waals surface area contributed by atoms with Crippen molar-refractivity contribution in [1.82, 2.24) is 0 Å². The average Bonchev–Trinajstić information content (AvgIpc) is 3.56. The lowest BCUT2D eigenvalue weighted by Gasteiger charge is -2.47. The number of ether oxygens (including phenoxy) is 4. The van der Waals surface area contributed by atoms with Crippen LogP contribution in [0.25, 0.3) is 0 Å². The maximum atomic E-state index is 14.3. The smallest absolute Gasteiger partial charge is 0.342 e. The highest BCUT2D eigenvalue weighted by Gasteiger charge is 2.55. The molecule has 0 unspecified atom stereocenters. The Labute approximate surface area is 335 Å². The summed E-state index contributed by atoms with van der Waals surface area (Å²) in [4.78, 5) is 28.2. The summed E-state index contributed by atoms with van der Waals surface area (Å²) in [6.45, 7) is 16.4. The molecule has 0 amide bonds. The van der Waals surface area contributed by atoms with Gasteiger partial charge in [-0.2, -0.15) is 0 Å². The van der Waals surface area contributed by atoms with Gasteiger partial charge in [0.25, 0.3) is 0 Å². The van der Waals surface area contributed by atoms with Gasteiger partial charge in [-0.25, -0.2) is 4.79 Å². The Morgan fingerprint density at radius 1 is 0.911 bits per heavy atom. The first-order valence-electron chi connectivity index (χ1n) is 21.0. The van der Waals surface area contributed by atoms with Gasteiger partial charge < -0.3 is 29.2 Å². The van der Waals surface area contributed by atoms with Gasteiger partial charge in [0.2, 0.25) is 0 Å². The highest BCUT2D eigenvalue weighted by atomic mass is 16.6. The van der Waals surface area contributed by atoms with Gasteiger partial charge in [0.1, 0.15) is 30.3 Å². The number of carbonyl (C=O) groups excluding carboxylic acids is 2. The predicted molar refractivity (Wildman–Crippen MR) is 219 cm³/mol. The lowest BCUT2D eigenvalue weighted by Crippen LogP contribution is -2.55. The first kappa shape index (κ1) is 43.6. The lowest BCUT2D eigenvalue weighted by molar-refractivity contribution is -0.229. The van der Waals surface area contributed by atoms with Crippen molar-refractivity contribution in [2.75, 3.05) is 0 Å². The number of aliphatic hydroxyl groups excluding tert-OH is 1. The Kier molecular flexibility index (Phi) is 15.0. The van der Waals surface area contributed by atoms with Crippen molar-refractivity contribution >= 4 is 11.8 Å². The Balaban J connectivity index is 1.28. The van der Waals surface area contributed by atoms with E-state index in [9.17, 15) is 19.8 Å². The van der Waals surface area contributed by atoms with Crippen molar-refractivity contribution in [2.24, 2.45) is 23.7 Å². The van der Waals surface area contributed by atoms with Crippen LogP contribution in [0.5, 0.6) is 5.75 Å². The van der Waals surface area contributed by atoms with E-state index in [2.05, 4.69) is 13.8 Å². The van der Waals surface area contributed by atoms with Crippen molar-refractivity contribution < 1.29 is 38.7 Å². The van der Waals surface area contributed by atoms with Crippen molar-refractivity contribution in [3.63, 3.8) is 0 Å². The molecule has 2 aliphatic heterocycles. The molecule has 56 heavy (non-hydrogen) atoms. The first-order valence-corrected chi connectivity index (χ1v) is 21.0. The number of hydrogen-bond donors (Lipinski definition) is 2. The number of benzene rings is 3. The van der Waals surface area contributed by atoms with Crippen LogP contribution in [-0.4, -0.2) is 57.6 Å². The van der Waals surface area contributed by atoms with Gasteiger partial charge in [-0.15, -0.1) is 0 Å². The standard InChI is InChI=1S/C48H66O8/c1-9-39(44-33(6)28-48(11-3,56-44)40-26-27-47(52,10-2)35(8)55-40)43(50)34(7)42(49)31(4)22-24-38-25-23-32(5)45(53-29-36-18-14-12-15-19-36)41(38)46(51)54-30-37-20-16-13-17-21-37/h12-21,23,25,31,33-35,39-40,42,44,49,52H,9-11,22,24,26-30H2,1-8H3/t31-,33+,34+,35+,39+,40-,42+,44+,47-,48+/m1/s1. The zero-order valence-electron chi connectivity index (χ0n) is 35.0. The molecule has 10 atom stereocenters. The summed E-state index contributed by atoms with van der Waals surface area (Å²) in [5, 5.41) is 22.8. The summed E-state index contributed by atoms with van der Waals surface area (Å²) in [6.07, 6.45) is 3.61. The van der Waals surface area contributed by atoms with Crippen LogP contribution in [0.3, 0.4) is 0 Å². The number of carbonyl (C=O) groups is 2. The molecule has 8 heteroatoms. The van der Waals surface area contributed by atoms with Gasteiger partial charge in [-0.3, -0.25) is 4.79 Å². The van der Waals surface area contributed by atoms with Crippen LogP contribution in [0.4, 0.5) is 0 Å². The molecule has 2 N–H and O–H groups in total. The quantitative estimate of drug-likeness (QED) is 0.123. The third kappa shape index (κ3) is 9.75. The molecule has 0 bridgehead atoms. The molecule has 2 aliphatic rings. The zero-order valence-corrected chi connectivity index (χ0v) is 35.0. The Bertz CT molecular complexity index is 1730. The van der Waals surface area contributed by atoms with E-state index in [1.54, 1.807) is 0 Å². The molecule has 2 saturated heterocycles. The maximum Gasteiger partial charge on any atom is 0.342 e. The van der Waals surface area contributed by atoms with Crippen molar-refractivity contribution in [1.29, 1.82) is 0 Å². The number of aliphatic hydroxyl groups is 2. The van der Waals surface area contributed by atoms with E-state index in [0.717, 1.165) is 35.1 Å². The molecular weight excluding hydrogens is 705 g/mol. The minimum Gasteiger partial charge on any atom is -0.488 e. The fourth-order valence-electron chi connectivity index (χ4n) is 9.13. The molecule has 8 nitrogen and oxygen atoms in total. The van der Waals surface area contributed by atoms with Crippen LogP contribution in [0.1, 0.15) is 126 Å². The van der Waals surface area contributed by atoms with E-state index in [1.165, 1.54) is 0 Å². The zero-order chi connectivity index (χ0) is 40.6. The largest absolute Gasteiger partial charge is 0.488 e. The van der Waals surface area contributed by atoms with Crippen LogP contribution >= 0.6 is 0 Å². The monoisotopic (exact) mass is 770 g/mol. The van der Waals surface area contributed by atoms with Gasteiger partial charge in [0.05, 0.1) is 35.6 Å². The molecule has 0 aliphatic carbocycles. The van der Waals surface area contributed by atoms with E-state index < -0.39 is 29.2 Å². The summed E-state index contributed by atoms with van der Waals surface area (Å²) < 4.78 is 25.7. The van der Waals surface area contributed by atoms with Crippen LogP contribution in [0.15, 0.2) is 72.8 Å². The number of ketones is 1. The number of esters is 1. The fourth-order valence-corrected chi connectivity index (χ4v) is 9.13. The number of rotatable bonds is 18. The minimum atomic E-state index is -0.883. The fraction of sp³-hybridized carbons (Fsp3) is 0.583. The second-order valence-electron chi connectivity index (χ2n) is 16.7. The summed E-state index contributed by atoms with van der Waals surface area (Å²) in [5.41, 5.74) is 2.54. The summed E-state index contributed by atoms with van der Waals surface area (Å²) in [6, 6.07) is 23.3. The van der Waals surface area contributed by atoms with Gasteiger partial charge in [-0.1, -0.05) is 114 Å². The highest BCUT2D eigenvalue weighted by Crippen LogP contribution is 2.48. The molecule has 3 aromatic carbocycles. The highest BCUT2D eigenvalue weighted by molar-refractivity contribution is 5.95. The predicted octanol–water partition coefficient (Wildman–Crippen LogP) is 9.37. The normalized spacial score (nSPS) is 27.2. The SMILES string of the molecule is CC[C@@H](C(=O)[C@@H](C)[C@@H](O)[C@H](C)CCc1ccc(C)c(OCc2ccccc2)c1C(=O)OCc1ccccc1)[C@H]1O[C@](CC)([C@H]2CC[C@](O)(CC)[C@H](C)O2)C[C@@H]1C. The molecule has 0 radical (unpaired) electrons. The second kappa shape index (κ2) is 19.3. The summed E-state index contributed by atoms with van der Waals surface area (Å²) in [5.74, 6) is -1.01. The summed E-state index contributed by atoms with van der Waals surface area (Å²) in [7, 11) is 0. The molecule has 306 valence electrons. The molecule has 5 rings (SSSR count). The molecule has 0 spiro atoms. The van der Waals surface area contributed by atoms with E-state index >= 15 is 0 Å². The summed E-state index contributed by atoms with van der Waals surface area (Å²) >= 11 is 0. The van der Waals surface area contributed by atoms with Gasteiger partial charge >= 0.3 is 5.97 Å². The average molecular weight is 771 g/mol. The maximum absolute atomic E-state index is 14.3. The third-order valence-electron chi connectivity index (χ3n) is 13.1. The van der Waals surface area contributed by atoms with Gasteiger partial charge in [-0.05, 0) is 99.3 Å². The van der Waals surface area contributed by atoms with Crippen molar-refractivity contribution in [2.45, 2.75) is 156 Å². The molecule has 2 fully saturated rings. The molecular formula is C48H66O8. The number of Topliss-reactive ketones (excluding diaryl/α,β-unsaturated/α-hetero) is 1. The molecule has 3 aromatic rings. The lowest BCUT2D eigenvalue weighted by atomic mass is 9.76. The van der Waals surface area contributed by atoms with Crippen molar-refractivity contribution in [3.05, 3.63) is 101 Å². The number of aryl methyl sites for hydroxylation is 2. The number of hydrogen-bond acceptors (Lipinski definition) is 8. The first-order chi connectivity index (χ1) is 26.8. The minimum absolute atomic E-state index is 0.0194. The molecule has 2 heterocycles. The van der Waals surface area contributed by atoms with E-state index in [0.29, 0.717) is 56.4 Å².